The summed E-state index contributed by atoms with van der Waals surface area (Å²) in [5, 5.41) is 2.98. The van der Waals surface area contributed by atoms with Crippen molar-refractivity contribution in [3.8, 4) is 0 Å². The summed E-state index contributed by atoms with van der Waals surface area (Å²) in [7, 11) is -3.48. The summed E-state index contributed by atoms with van der Waals surface area (Å²) in [4.78, 5) is 15.2. The van der Waals surface area contributed by atoms with E-state index in [0.717, 1.165) is 28.8 Å². The van der Waals surface area contributed by atoms with E-state index >= 15 is 0 Å². The summed E-state index contributed by atoms with van der Waals surface area (Å²) in [5.74, 6) is -0.155. The third-order valence-corrected chi connectivity index (χ3v) is 7.78. The molecule has 0 saturated carbocycles. The van der Waals surface area contributed by atoms with Gasteiger partial charge in [0, 0.05) is 18.7 Å². The number of nitrogens with one attached hydrogen (secondary N) is 1. The SMILES string of the molecule is Cc1ccc(C)c(N(Cc2ccc(C(=O)NCc3ccc(CN4CCCC4)cc3)cc2)S(C)(=O)=O)c1. The number of rotatable bonds is 9. The molecular weight excluding hydrogens is 470 g/mol. The molecule has 3 aromatic rings. The number of carbonyl (C=O) groups is 1. The molecule has 4 rings (SSSR count). The number of amides is 1. The molecule has 7 heteroatoms. The number of carbonyl (C=O) groups excluding carboxylic acids is 1. The zero-order chi connectivity index (χ0) is 25.7. The Hall–Kier alpha value is -3.16. The highest BCUT2D eigenvalue weighted by Gasteiger charge is 2.20. The molecule has 1 amide bonds. The van der Waals surface area contributed by atoms with Gasteiger partial charge in [-0.15, -0.1) is 0 Å². The van der Waals surface area contributed by atoms with Crippen molar-refractivity contribution < 1.29 is 13.2 Å². The van der Waals surface area contributed by atoms with Gasteiger partial charge >= 0.3 is 0 Å². The Balaban J connectivity index is 1.36. The normalized spacial score (nSPS) is 14.1. The van der Waals surface area contributed by atoms with Gasteiger partial charge in [0.15, 0.2) is 0 Å². The molecule has 1 heterocycles. The first kappa shape index (κ1) is 25.9. The van der Waals surface area contributed by atoms with Gasteiger partial charge < -0.3 is 5.32 Å². The van der Waals surface area contributed by atoms with E-state index in [1.165, 1.54) is 42.1 Å². The lowest BCUT2D eigenvalue weighted by Gasteiger charge is -2.25. The van der Waals surface area contributed by atoms with Crippen LogP contribution in [-0.2, 0) is 29.7 Å². The summed E-state index contributed by atoms with van der Waals surface area (Å²) >= 11 is 0. The molecule has 3 aromatic carbocycles. The molecule has 1 N–H and O–H groups in total. The summed E-state index contributed by atoms with van der Waals surface area (Å²) in [6.45, 7) is 7.84. The fourth-order valence-electron chi connectivity index (χ4n) is 4.54. The average molecular weight is 506 g/mol. The van der Waals surface area contributed by atoms with Gasteiger partial charge in [-0.1, -0.05) is 48.5 Å². The number of anilines is 1. The van der Waals surface area contributed by atoms with Crippen molar-refractivity contribution in [3.63, 3.8) is 0 Å². The van der Waals surface area contributed by atoms with Crippen LogP contribution < -0.4 is 9.62 Å². The van der Waals surface area contributed by atoms with Crippen LogP contribution in [0.15, 0.2) is 66.7 Å². The van der Waals surface area contributed by atoms with Crippen molar-refractivity contribution in [1.29, 1.82) is 0 Å². The summed E-state index contributed by atoms with van der Waals surface area (Å²) in [5.41, 5.74) is 6.27. The van der Waals surface area contributed by atoms with E-state index in [0.29, 0.717) is 17.8 Å². The molecule has 1 fully saturated rings. The lowest BCUT2D eigenvalue weighted by molar-refractivity contribution is 0.0951. The second kappa shape index (κ2) is 11.3. The van der Waals surface area contributed by atoms with Crippen LogP contribution >= 0.6 is 0 Å². The molecular formula is C29H35N3O3S. The first-order chi connectivity index (χ1) is 17.2. The third-order valence-electron chi connectivity index (χ3n) is 6.66. The van der Waals surface area contributed by atoms with Crippen LogP contribution in [0, 0.1) is 13.8 Å². The molecule has 0 atom stereocenters. The first-order valence-corrected chi connectivity index (χ1v) is 14.3. The Bertz CT molecular complexity index is 1300. The predicted octanol–water partition coefficient (Wildman–Crippen LogP) is 4.80. The van der Waals surface area contributed by atoms with Crippen molar-refractivity contribution in [2.45, 2.75) is 46.3 Å². The van der Waals surface area contributed by atoms with Crippen molar-refractivity contribution in [2.24, 2.45) is 0 Å². The molecule has 1 saturated heterocycles. The monoisotopic (exact) mass is 505 g/mol. The maximum atomic E-state index is 12.7. The van der Waals surface area contributed by atoms with E-state index in [2.05, 4.69) is 34.5 Å². The molecule has 0 spiro atoms. The van der Waals surface area contributed by atoms with Crippen molar-refractivity contribution in [2.75, 3.05) is 23.7 Å². The first-order valence-electron chi connectivity index (χ1n) is 12.4. The minimum Gasteiger partial charge on any atom is -0.348 e. The smallest absolute Gasteiger partial charge is 0.251 e. The topological polar surface area (TPSA) is 69.7 Å². The highest BCUT2D eigenvalue weighted by Crippen LogP contribution is 2.26. The molecule has 0 aliphatic carbocycles. The second-order valence-electron chi connectivity index (χ2n) is 9.74. The van der Waals surface area contributed by atoms with Gasteiger partial charge in [0.25, 0.3) is 5.91 Å². The van der Waals surface area contributed by atoms with E-state index in [4.69, 9.17) is 0 Å². The second-order valence-corrected chi connectivity index (χ2v) is 11.6. The largest absolute Gasteiger partial charge is 0.348 e. The van der Waals surface area contributed by atoms with Crippen LogP contribution in [0.3, 0.4) is 0 Å². The lowest BCUT2D eigenvalue weighted by atomic mass is 10.1. The van der Waals surface area contributed by atoms with Gasteiger partial charge in [-0.2, -0.15) is 0 Å². The van der Waals surface area contributed by atoms with E-state index in [1.807, 2.05) is 44.2 Å². The van der Waals surface area contributed by atoms with E-state index in [1.54, 1.807) is 12.1 Å². The number of nitrogens with zero attached hydrogens (tertiary/aromatic N) is 2. The third kappa shape index (κ3) is 6.74. The minimum atomic E-state index is -3.48. The van der Waals surface area contributed by atoms with E-state index in [9.17, 15) is 13.2 Å². The number of hydrogen-bond donors (Lipinski definition) is 1. The number of sulfonamides is 1. The maximum absolute atomic E-state index is 12.7. The average Bonchev–Trinajstić information content (AvgIpc) is 3.36. The van der Waals surface area contributed by atoms with Gasteiger partial charge in [-0.05, 0) is 85.8 Å². The van der Waals surface area contributed by atoms with Gasteiger partial charge in [0.2, 0.25) is 10.0 Å². The van der Waals surface area contributed by atoms with Crippen LogP contribution in [0.5, 0.6) is 0 Å². The number of hydrogen-bond acceptors (Lipinski definition) is 4. The highest BCUT2D eigenvalue weighted by molar-refractivity contribution is 7.92. The van der Waals surface area contributed by atoms with Crippen LogP contribution in [0.25, 0.3) is 0 Å². The van der Waals surface area contributed by atoms with Gasteiger partial charge in [-0.25, -0.2) is 8.42 Å². The molecule has 0 bridgehead atoms. The van der Waals surface area contributed by atoms with Crippen LogP contribution in [0.4, 0.5) is 5.69 Å². The highest BCUT2D eigenvalue weighted by atomic mass is 32.2. The summed E-state index contributed by atoms with van der Waals surface area (Å²) in [6, 6.07) is 21.3. The van der Waals surface area contributed by atoms with Crippen molar-refractivity contribution in [3.05, 3.63) is 100 Å². The van der Waals surface area contributed by atoms with Crippen LogP contribution in [-0.4, -0.2) is 38.6 Å². The molecule has 36 heavy (non-hydrogen) atoms. The Morgan fingerprint density at radius 1 is 0.889 bits per heavy atom. The van der Waals surface area contributed by atoms with Crippen molar-refractivity contribution in [1.82, 2.24) is 10.2 Å². The Morgan fingerprint density at radius 3 is 2.14 bits per heavy atom. The summed E-state index contributed by atoms with van der Waals surface area (Å²) < 4.78 is 26.5. The molecule has 0 aromatic heterocycles. The fourth-order valence-corrected chi connectivity index (χ4v) is 5.48. The summed E-state index contributed by atoms with van der Waals surface area (Å²) in [6.07, 6.45) is 3.79. The van der Waals surface area contributed by atoms with E-state index in [-0.39, 0.29) is 12.5 Å². The van der Waals surface area contributed by atoms with Crippen molar-refractivity contribution >= 4 is 21.6 Å². The minimum absolute atomic E-state index is 0.155. The van der Waals surface area contributed by atoms with Crippen LogP contribution in [0.1, 0.15) is 51.0 Å². The van der Waals surface area contributed by atoms with E-state index < -0.39 is 10.0 Å². The van der Waals surface area contributed by atoms with Crippen LogP contribution in [0.2, 0.25) is 0 Å². The predicted molar refractivity (Wildman–Crippen MR) is 146 cm³/mol. The fraction of sp³-hybridized carbons (Fsp3) is 0.345. The van der Waals surface area contributed by atoms with Gasteiger partial charge in [-0.3, -0.25) is 14.0 Å². The van der Waals surface area contributed by atoms with Gasteiger partial charge in [0.05, 0.1) is 18.5 Å². The molecule has 0 unspecified atom stereocenters. The molecule has 0 radical (unpaired) electrons. The zero-order valence-electron chi connectivity index (χ0n) is 21.3. The molecule has 190 valence electrons. The van der Waals surface area contributed by atoms with Gasteiger partial charge in [0.1, 0.15) is 0 Å². The Morgan fingerprint density at radius 2 is 1.50 bits per heavy atom. The quantitative estimate of drug-likeness (QED) is 0.454. The molecule has 6 nitrogen and oxygen atoms in total. The standard InChI is InChI=1S/C29H35N3O3S/c1-22-6-7-23(2)28(18-22)32(36(3,34)35)21-26-12-14-27(15-13-26)29(33)30-19-24-8-10-25(11-9-24)20-31-16-4-5-17-31/h6-15,18H,4-5,16-17,19-21H2,1-3H3,(H,30,33). The Kier molecular flexibility index (Phi) is 8.11. The number of aryl methyl sites for hydroxylation is 2. The Labute approximate surface area is 215 Å². The maximum Gasteiger partial charge on any atom is 0.251 e. The zero-order valence-corrected chi connectivity index (χ0v) is 22.1. The lowest BCUT2D eigenvalue weighted by Crippen LogP contribution is -2.30. The number of likely N-dealkylation sites (tertiary alicyclic amines) is 1. The molecule has 1 aliphatic rings. The molecule has 1 aliphatic heterocycles. The number of benzene rings is 3.